The SMILES string of the molecule is CCN1CC(C)(C)NC(CCC(=O)O)C1=O. The number of rotatable bonds is 4. The van der Waals surface area contributed by atoms with E-state index in [1.807, 2.05) is 20.8 Å². The van der Waals surface area contributed by atoms with Crippen molar-refractivity contribution in [2.24, 2.45) is 0 Å². The largest absolute Gasteiger partial charge is 0.481 e. The number of likely N-dealkylation sites (N-methyl/N-ethyl adjacent to an activating group) is 1. The summed E-state index contributed by atoms with van der Waals surface area (Å²) in [6, 6.07) is -0.361. The Labute approximate surface area is 95.8 Å². The van der Waals surface area contributed by atoms with Gasteiger partial charge in [-0.3, -0.25) is 14.9 Å². The summed E-state index contributed by atoms with van der Waals surface area (Å²) in [4.78, 5) is 24.2. The van der Waals surface area contributed by atoms with E-state index >= 15 is 0 Å². The van der Waals surface area contributed by atoms with Gasteiger partial charge in [0, 0.05) is 25.0 Å². The van der Waals surface area contributed by atoms with E-state index < -0.39 is 5.97 Å². The fourth-order valence-corrected chi connectivity index (χ4v) is 2.09. The summed E-state index contributed by atoms with van der Waals surface area (Å²) < 4.78 is 0. The lowest BCUT2D eigenvalue weighted by molar-refractivity contribution is -0.140. The third-order valence-electron chi connectivity index (χ3n) is 2.79. The van der Waals surface area contributed by atoms with Gasteiger partial charge in [0.25, 0.3) is 0 Å². The molecule has 1 aliphatic rings. The van der Waals surface area contributed by atoms with Crippen molar-refractivity contribution in [1.82, 2.24) is 10.2 Å². The van der Waals surface area contributed by atoms with Crippen molar-refractivity contribution in [3.63, 3.8) is 0 Å². The van der Waals surface area contributed by atoms with Gasteiger partial charge in [0.1, 0.15) is 0 Å². The highest BCUT2D eigenvalue weighted by molar-refractivity contribution is 5.83. The summed E-state index contributed by atoms with van der Waals surface area (Å²) >= 11 is 0. The Kier molecular flexibility index (Phi) is 3.91. The van der Waals surface area contributed by atoms with Crippen molar-refractivity contribution < 1.29 is 14.7 Å². The third kappa shape index (κ3) is 3.20. The maximum Gasteiger partial charge on any atom is 0.303 e. The van der Waals surface area contributed by atoms with Crippen LogP contribution in [0.5, 0.6) is 0 Å². The molecule has 0 aromatic heterocycles. The summed E-state index contributed by atoms with van der Waals surface area (Å²) in [6.45, 7) is 7.33. The van der Waals surface area contributed by atoms with Gasteiger partial charge in [0.2, 0.25) is 5.91 Å². The van der Waals surface area contributed by atoms with E-state index in [1.54, 1.807) is 4.90 Å². The first-order valence-electron chi connectivity index (χ1n) is 5.64. The standard InChI is InChI=1S/C11H20N2O3/c1-4-13-7-11(2,3)12-8(10(13)16)5-6-9(14)15/h8,12H,4-7H2,1-3H3,(H,14,15). The Bertz CT molecular complexity index is 289. The number of piperazine rings is 1. The van der Waals surface area contributed by atoms with Crippen LogP contribution < -0.4 is 5.32 Å². The molecule has 0 aromatic carbocycles. The maximum absolute atomic E-state index is 11.9. The minimum atomic E-state index is -0.860. The van der Waals surface area contributed by atoms with Crippen LogP contribution in [-0.4, -0.2) is 46.6 Å². The average Bonchev–Trinajstić information content (AvgIpc) is 2.18. The van der Waals surface area contributed by atoms with E-state index in [-0.39, 0.29) is 23.9 Å². The molecule has 0 radical (unpaired) electrons. The minimum Gasteiger partial charge on any atom is -0.481 e. The van der Waals surface area contributed by atoms with E-state index in [1.165, 1.54) is 0 Å². The highest BCUT2D eigenvalue weighted by atomic mass is 16.4. The first-order valence-corrected chi connectivity index (χ1v) is 5.64. The smallest absolute Gasteiger partial charge is 0.303 e. The lowest BCUT2D eigenvalue weighted by Crippen LogP contribution is -2.64. The number of carboxylic acids is 1. The lowest BCUT2D eigenvalue weighted by Gasteiger charge is -2.42. The van der Waals surface area contributed by atoms with Crippen molar-refractivity contribution in [2.75, 3.05) is 13.1 Å². The van der Waals surface area contributed by atoms with Gasteiger partial charge in [-0.15, -0.1) is 0 Å². The van der Waals surface area contributed by atoms with Gasteiger partial charge in [-0.2, -0.15) is 0 Å². The minimum absolute atomic E-state index is 0.0167. The molecule has 92 valence electrons. The monoisotopic (exact) mass is 228 g/mol. The van der Waals surface area contributed by atoms with Gasteiger partial charge in [0.15, 0.2) is 0 Å². The normalized spacial score (nSPS) is 24.6. The van der Waals surface area contributed by atoms with E-state index in [0.717, 1.165) is 0 Å². The number of carbonyl (C=O) groups excluding carboxylic acids is 1. The highest BCUT2D eigenvalue weighted by Gasteiger charge is 2.36. The summed E-state index contributed by atoms with van der Waals surface area (Å²) in [6.07, 6.45) is 0.380. The Hall–Kier alpha value is -1.10. The van der Waals surface area contributed by atoms with Gasteiger partial charge < -0.3 is 10.0 Å². The number of nitrogens with zero attached hydrogens (tertiary/aromatic N) is 1. The number of hydrogen-bond acceptors (Lipinski definition) is 3. The molecule has 1 fully saturated rings. The number of amides is 1. The molecule has 0 aromatic rings. The molecule has 16 heavy (non-hydrogen) atoms. The Morgan fingerprint density at radius 3 is 2.75 bits per heavy atom. The first-order chi connectivity index (χ1) is 7.35. The van der Waals surface area contributed by atoms with Gasteiger partial charge in [0.05, 0.1) is 6.04 Å². The molecule has 1 aliphatic heterocycles. The summed E-state index contributed by atoms with van der Waals surface area (Å²) in [7, 11) is 0. The van der Waals surface area contributed by atoms with Gasteiger partial charge in [-0.1, -0.05) is 0 Å². The van der Waals surface area contributed by atoms with Crippen LogP contribution in [0.25, 0.3) is 0 Å². The molecule has 1 atom stereocenters. The van der Waals surface area contributed by atoms with Gasteiger partial charge in [-0.25, -0.2) is 0 Å². The second kappa shape index (κ2) is 4.82. The van der Waals surface area contributed by atoms with Gasteiger partial charge in [-0.05, 0) is 27.2 Å². The second-order valence-corrected chi connectivity index (χ2v) is 4.87. The van der Waals surface area contributed by atoms with E-state index in [2.05, 4.69) is 5.32 Å². The van der Waals surface area contributed by atoms with Crippen molar-refractivity contribution in [1.29, 1.82) is 0 Å². The maximum atomic E-state index is 11.9. The van der Waals surface area contributed by atoms with Crippen LogP contribution in [0, 0.1) is 0 Å². The summed E-state index contributed by atoms with van der Waals surface area (Å²) in [5, 5.41) is 11.8. The molecule has 2 N–H and O–H groups in total. The summed E-state index contributed by atoms with van der Waals surface area (Å²) in [5.41, 5.74) is -0.146. The third-order valence-corrected chi connectivity index (χ3v) is 2.79. The van der Waals surface area contributed by atoms with Crippen LogP contribution >= 0.6 is 0 Å². The number of carboxylic acid groups (broad SMARTS) is 1. The molecule has 5 nitrogen and oxygen atoms in total. The number of hydrogen-bond donors (Lipinski definition) is 2. The van der Waals surface area contributed by atoms with Crippen LogP contribution in [0.3, 0.4) is 0 Å². The number of aliphatic carboxylic acids is 1. The molecule has 1 saturated heterocycles. The van der Waals surface area contributed by atoms with E-state index in [0.29, 0.717) is 19.5 Å². The zero-order valence-corrected chi connectivity index (χ0v) is 10.1. The second-order valence-electron chi connectivity index (χ2n) is 4.87. The molecular formula is C11H20N2O3. The predicted molar refractivity (Wildman–Crippen MR) is 60.1 cm³/mol. The Balaban J connectivity index is 2.67. The van der Waals surface area contributed by atoms with E-state index in [4.69, 9.17) is 5.11 Å². The fraction of sp³-hybridized carbons (Fsp3) is 0.818. The number of nitrogens with one attached hydrogen (secondary N) is 1. The van der Waals surface area contributed by atoms with Crippen molar-refractivity contribution in [3.8, 4) is 0 Å². The van der Waals surface area contributed by atoms with Crippen LogP contribution in [0.2, 0.25) is 0 Å². The molecule has 1 amide bonds. The van der Waals surface area contributed by atoms with Crippen LogP contribution in [0.1, 0.15) is 33.6 Å². The van der Waals surface area contributed by atoms with Crippen LogP contribution in [-0.2, 0) is 9.59 Å². The van der Waals surface area contributed by atoms with Crippen LogP contribution in [0.15, 0.2) is 0 Å². The Morgan fingerprint density at radius 2 is 2.25 bits per heavy atom. The Morgan fingerprint density at radius 1 is 1.62 bits per heavy atom. The molecule has 1 unspecified atom stereocenters. The van der Waals surface area contributed by atoms with Crippen molar-refractivity contribution in [3.05, 3.63) is 0 Å². The lowest BCUT2D eigenvalue weighted by atomic mass is 9.96. The molecule has 0 bridgehead atoms. The average molecular weight is 228 g/mol. The molecule has 1 rings (SSSR count). The molecule has 1 heterocycles. The van der Waals surface area contributed by atoms with Gasteiger partial charge >= 0.3 is 5.97 Å². The molecule has 0 aliphatic carbocycles. The predicted octanol–water partition coefficient (Wildman–Crippen LogP) is 0.450. The first kappa shape index (κ1) is 13.0. The summed E-state index contributed by atoms with van der Waals surface area (Å²) in [5.74, 6) is -0.843. The zero-order valence-electron chi connectivity index (χ0n) is 10.1. The molecule has 5 heteroatoms. The topological polar surface area (TPSA) is 69.6 Å². The van der Waals surface area contributed by atoms with E-state index in [9.17, 15) is 9.59 Å². The van der Waals surface area contributed by atoms with Crippen molar-refractivity contribution >= 4 is 11.9 Å². The van der Waals surface area contributed by atoms with Crippen molar-refractivity contribution in [2.45, 2.75) is 45.2 Å². The highest BCUT2D eigenvalue weighted by Crippen LogP contribution is 2.17. The molecule has 0 spiro atoms. The quantitative estimate of drug-likeness (QED) is 0.733. The number of carbonyl (C=O) groups is 2. The zero-order chi connectivity index (χ0) is 12.3. The van der Waals surface area contributed by atoms with Crippen LogP contribution in [0.4, 0.5) is 0 Å². The molecule has 0 saturated carbocycles. The fourth-order valence-electron chi connectivity index (χ4n) is 2.09. The molecular weight excluding hydrogens is 208 g/mol.